The van der Waals surface area contributed by atoms with Crippen LogP contribution in [0.25, 0.3) is 0 Å². The van der Waals surface area contributed by atoms with Gasteiger partial charge in [0.15, 0.2) is 0 Å². The van der Waals surface area contributed by atoms with E-state index in [0.717, 1.165) is 10.5 Å². The van der Waals surface area contributed by atoms with Gasteiger partial charge in [0.05, 0.1) is 6.42 Å². The molecule has 1 atom stereocenters. The van der Waals surface area contributed by atoms with Gasteiger partial charge in [-0.05, 0) is 18.2 Å². The summed E-state index contributed by atoms with van der Waals surface area (Å²) in [5.74, 6) is -1.86. The molecule has 1 aromatic carbocycles. The van der Waals surface area contributed by atoms with Crippen molar-refractivity contribution in [1.82, 2.24) is 4.90 Å². The molecule has 1 aromatic rings. The van der Waals surface area contributed by atoms with Crippen LogP contribution in [0.1, 0.15) is 25.3 Å². The highest BCUT2D eigenvalue weighted by atomic mass is 32.2. The van der Waals surface area contributed by atoms with E-state index in [1.54, 1.807) is 30.5 Å². The van der Waals surface area contributed by atoms with E-state index in [2.05, 4.69) is 0 Å². The van der Waals surface area contributed by atoms with Crippen LogP contribution in [0.2, 0.25) is 0 Å². The largest absolute Gasteiger partial charge is 0.480 e. The third-order valence-corrected chi connectivity index (χ3v) is 3.77. The smallest absolute Gasteiger partial charge is 0.327 e. The molecule has 1 rings (SSSR count). The minimum absolute atomic E-state index is 0.0223. The highest BCUT2D eigenvalue weighted by Crippen LogP contribution is 2.13. The predicted octanol–water partition coefficient (Wildman–Crippen LogP) is 2.20. The SMILES string of the molecule is CCCC(=O)N(C(=O)Cc1ccccc1)[C@@H](CSC)C(=O)O. The molecule has 120 valence electrons. The van der Waals surface area contributed by atoms with Crippen LogP contribution in [-0.4, -0.2) is 45.8 Å². The average molecular weight is 323 g/mol. The second kappa shape index (κ2) is 9.25. The molecule has 0 aliphatic carbocycles. The molecule has 0 aliphatic heterocycles. The summed E-state index contributed by atoms with van der Waals surface area (Å²) in [5.41, 5.74) is 0.759. The van der Waals surface area contributed by atoms with E-state index >= 15 is 0 Å². The number of aliphatic carboxylic acids is 1. The standard InChI is InChI=1S/C16H21NO4S/c1-3-7-14(18)17(13(11-22-2)16(20)21)15(19)10-12-8-5-4-6-9-12/h4-6,8-9,13H,3,7,10-11H2,1-2H3,(H,20,21)/t13-/m0/s1. The quantitative estimate of drug-likeness (QED) is 0.794. The lowest BCUT2D eigenvalue weighted by Crippen LogP contribution is -2.50. The lowest BCUT2D eigenvalue weighted by atomic mass is 10.1. The number of carbonyl (C=O) groups is 3. The number of carboxylic acid groups (broad SMARTS) is 1. The Hall–Kier alpha value is -1.82. The number of carbonyl (C=O) groups excluding carboxylic acids is 2. The molecule has 0 unspecified atom stereocenters. The van der Waals surface area contributed by atoms with E-state index in [0.29, 0.717) is 6.42 Å². The third-order valence-electron chi connectivity index (χ3n) is 3.12. The average Bonchev–Trinajstić information content (AvgIpc) is 2.48. The summed E-state index contributed by atoms with van der Waals surface area (Å²) in [6.45, 7) is 1.82. The third kappa shape index (κ3) is 5.18. The number of amides is 2. The number of thioether (sulfide) groups is 1. The van der Waals surface area contributed by atoms with E-state index < -0.39 is 23.8 Å². The van der Waals surface area contributed by atoms with Crippen molar-refractivity contribution in [2.75, 3.05) is 12.0 Å². The van der Waals surface area contributed by atoms with Crippen LogP contribution in [0.3, 0.4) is 0 Å². The number of imide groups is 1. The molecule has 0 aromatic heterocycles. The molecule has 5 nitrogen and oxygen atoms in total. The van der Waals surface area contributed by atoms with Crippen LogP contribution in [0.4, 0.5) is 0 Å². The lowest BCUT2D eigenvalue weighted by Gasteiger charge is -2.27. The fourth-order valence-electron chi connectivity index (χ4n) is 2.09. The van der Waals surface area contributed by atoms with Crippen LogP contribution in [0.15, 0.2) is 30.3 Å². The Balaban J connectivity index is 3.00. The van der Waals surface area contributed by atoms with Gasteiger partial charge in [0.25, 0.3) is 0 Å². The van der Waals surface area contributed by atoms with E-state index in [-0.39, 0.29) is 18.6 Å². The minimum Gasteiger partial charge on any atom is -0.480 e. The zero-order valence-electron chi connectivity index (χ0n) is 12.8. The summed E-state index contributed by atoms with van der Waals surface area (Å²) in [5, 5.41) is 9.35. The van der Waals surface area contributed by atoms with Crippen molar-refractivity contribution < 1.29 is 19.5 Å². The first kappa shape index (κ1) is 18.2. The van der Waals surface area contributed by atoms with Crippen molar-refractivity contribution in [2.24, 2.45) is 0 Å². The van der Waals surface area contributed by atoms with Gasteiger partial charge in [-0.15, -0.1) is 0 Å². The van der Waals surface area contributed by atoms with Crippen molar-refractivity contribution in [1.29, 1.82) is 0 Å². The molecule has 0 radical (unpaired) electrons. The number of benzene rings is 1. The molecule has 22 heavy (non-hydrogen) atoms. The Bertz CT molecular complexity index is 518. The summed E-state index contributed by atoms with van der Waals surface area (Å²) in [4.78, 5) is 37.1. The van der Waals surface area contributed by atoms with Crippen LogP contribution < -0.4 is 0 Å². The molecule has 2 amide bonds. The molecule has 1 N–H and O–H groups in total. The van der Waals surface area contributed by atoms with Gasteiger partial charge >= 0.3 is 5.97 Å². The minimum atomic E-state index is -1.15. The van der Waals surface area contributed by atoms with Crippen molar-refractivity contribution in [3.8, 4) is 0 Å². The lowest BCUT2D eigenvalue weighted by molar-refractivity contribution is -0.156. The molecule has 0 aliphatic rings. The number of rotatable bonds is 8. The highest BCUT2D eigenvalue weighted by molar-refractivity contribution is 7.98. The molecule has 0 fully saturated rings. The molecule has 6 heteroatoms. The van der Waals surface area contributed by atoms with Gasteiger partial charge in [0.2, 0.25) is 11.8 Å². The van der Waals surface area contributed by atoms with Crippen molar-refractivity contribution in [2.45, 2.75) is 32.2 Å². The van der Waals surface area contributed by atoms with E-state index in [4.69, 9.17) is 0 Å². The van der Waals surface area contributed by atoms with E-state index in [1.165, 1.54) is 11.8 Å². The highest BCUT2D eigenvalue weighted by Gasteiger charge is 2.33. The predicted molar refractivity (Wildman–Crippen MR) is 86.7 cm³/mol. The summed E-state index contributed by atoms with van der Waals surface area (Å²) >= 11 is 1.30. The normalized spacial score (nSPS) is 11.7. The molecule has 0 saturated carbocycles. The van der Waals surface area contributed by atoms with Gasteiger partial charge in [-0.3, -0.25) is 14.5 Å². The first-order chi connectivity index (χ1) is 10.5. The number of nitrogens with zero attached hydrogens (tertiary/aromatic N) is 1. The number of carboxylic acids is 1. The molecule has 0 spiro atoms. The van der Waals surface area contributed by atoms with Crippen LogP contribution in [0.5, 0.6) is 0 Å². The van der Waals surface area contributed by atoms with Gasteiger partial charge in [-0.25, -0.2) is 4.79 Å². The molecular formula is C16H21NO4S. The summed E-state index contributed by atoms with van der Waals surface area (Å²) in [7, 11) is 0. The van der Waals surface area contributed by atoms with Crippen LogP contribution in [-0.2, 0) is 20.8 Å². The van der Waals surface area contributed by atoms with Gasteiger partial charge < -0.3 is 5.11 Å². The van der Waals surface area contributed by atoms with Crippen LogP contribution in [0, 0.1) is 0 Å². The fourth-order valence-corrected chi connectivity index (χ4v) is 2.70. The molecule has 0 bridgehead atoms. The first-order valence-corrected chi connectivity index (χ1v) is 8.51. The van der Waals surface area contributed by atoms with Gasteiger partial charge in [-0.2, -0.15) is 11.8 Å². The number of hydrogen-bond acceptors (Lipinski definition) is 4. The fraction of sp³-hybridized carbons (Fsp3) is 0.438. The van der Waals surface area contributed by atoms with Crippen molar-refractivity contribution in [3.05, 3.63) is 35.9 Å². The monoisotopic (exact) mass is 323 g/mol. The van der Waals surface area contributed by atoms with E-state index in [1.807, 2.05) is 13.0 Å². The van der Waals surface area contributed by atoms with Crippen molar-refractivity contribution >= 4 is 29.5 Å². The van der Waals surface area contributed by atoms with Gasteiger partial charge in [0, 0.05) is 12.2 Å². The van der Waals surface area contributed by atoms with Gasteiger partial charge in [0.1, 0.15) is 6.04 Å². The first-order valence-electron chi connectivity index (χ1n) is 7.11. The summed E-state index contributed by atoms with van der Waals surface area (Å²) in [6, 6.07) is 7.89. The maximum atomic E-state index is 12.5. The maximum absolute atomic E-state index is 12.5. The Kier molecular flexibility index (Phi) is 7.66. The van der Waals surface area contributed by atoms with Crippen molar-refractivity contribution in [3.63, 3.8) is 0 Å². The summed E-state index contributed by atoms with van der Waals surface area (Å²) < 4.78 is 0. The second-order valence-electron chi connectivity index (χ2n) is 4.88. The Morgan fingerprint density at radius 1 is 1.18 bits per heavy atom. The van der Waals surface area contributed by atoms with Crippen LogP contribution >= 0.6 is 11.8 Å². The topological polar surface area (TPSA) is 74.7 Å². The second-order valence-corrected chi connectivity index (χ2v) is 5.79. The molecular weight excluding hydrogens is 302 g/mol. The molecule has 0 saturated heterocycles. The van der Waals surface area contributed by atoms with E-state index in [9.17, 15) is 19.5 Å². The number of hydrogen-bond donors (Lipinski definition) is 1. The Morgan fingerprint density at radius 2 is 1.82 bits per heavy atom. The zero-order chi connectivity index (χ0) is 16.5. The zero-order valence-corrected chi connectivity index (χ0v) is 13.6. The summed E-state index contributed by atoms with van der Waals surface area (Å²) in [6.07, 6.45) is 2.51. The molecule has 0 heterocycles. The van der Waals surface area contributed by atoms with Gasteiger partial charge in [-0.1, -0.05) is 37.3 Å². The Labute approximate surface area is 134 Å². The maximum Gasteiger partial charge on any atom is 0.327 e. The Morgan fingerprint density at radius 3 is 2.32 bits per heavy atom.